The van der Waals surface area contributed by atoms with Gasteiger partial charge in [0.05, 0.1) is 17.7 Å². The first-order chi connectivity index (χ1) is 29.2. The number of carbonyl (C=O) groups excluding carboxylic acids is 2. The number of aliphatic imine (C=N–C) groups is 1. The number of anilines is 1. The molecule has 2 aliphatic carbocycles. The summed E-state index contributed by atoms with van der Waals surface area (Å²) >= 11 is 0. The van der Waals surface area contributed by atoms with Crippen molar-refractivity contribution >= 4 is 29.0 Å². The van der Waals surface area contributed by atoms with Gasteiger partial charge in [-0.1, -0.05) is 74.9 Å². The van der Waals surface area contributed by atoms with Crippen LogP contribution in [0.15, 0.2) is 102 Å². The van der Waals surface area contributed by atoms with Gasteiger partial charge in [0.15, 0.2) is 0 Å². The number of fused-ring (bicyclic) bond motifs is 1. The molecule has 4 N–H and O–H groups in total. The van der Waals surface area contributed by atoms with E-state index in [1.54, 1.807) is 0 Å². The van der Waals surface area contributed by atoms with Gasteiger partial charge in [-0.2, -0.15) is 5.26 Å². The second-order valence-electron chi connectivity index (χ2n) is 16.6. The summed E-state index contributed by atoms with van der Waals surface area (Å²) in [4.78, 5) is 33.8. The number of ether oxygens (including phenoxy) is 2. The number of para-hydroxylation sites is 2. The van der Waals surface area contributed by atoms with Crippen molar-refractivity contribution in [2.45, 2.75) is 115 Å². The molecule has 0 bridgehead atoms. The zero-order valence-electron chi connectivity index (χ0n) is 35.4. The lowest BCUT2D eigenvalue weighted by Gasteiger charge is -2.32. The zero-order valence-corrected chi connectivity index (χ0v) is 35.4. The third kappa shape index (κ3) is 12.6. The summed E-state index contributed by atoms with van der Waals surface area (Å²) < 4.78 is 11.8. The Bertz CT molecular complexity index is 2070. The van der Waals surface area contributed by atoms with Gasteiger partial charge in [-0.3, -0.25) is 9.59 Å². The van der Waals surface area contributed by atoms with Gasteiger partial charge in [0, 0.05) is 50.6 Å². The van der Waals surface area contributed by atoms with Gasteiger partial charge in [0.2, 0.25) is 11.8 Å². The molecule has 2 unspecified atom stereocenters. The van der Waals surface area contributed by atoms with Gasteiger partial charge in [0.25, 0.3) is 0 Å². The number of amidine groups is 1. The highest BCUT2D eigenvalue weighted by Gasteiger charge is 2.27. The van der Waals surface area contributed by atoms with E-state index < -0.39 is 0 Å². The van der Waals surface area contributed by atoms with Gasteiger partial charge in [-0.15, -0.1) is 0 Å². The van der Waals surface area contributed by atoms with Crippen LogP contribution in [0.25, 0.3) is 0 Å². The molecule has 0 radical (unpaired) electrons. The first-order valence-electron chi connectivity index (χ1n) is 21.9. The minimum absolute atomic E-state index is 0.0909. The van der Waals surface area contributed by atoms with Crippen LogP contribution in [0, 0.1) is 23.2 Å². The van der Waals surface area contributed by atoms with Crippen molar-refractivity contribution in [2.24, 2.45) is 22.6 Å². The molecule has 60 heavy (non-hydrogen) atoms. The van der Waals surface area contributed by atoms with Gasteiger partial charge in [-0.05, 0) is 123 Å². The summed E-state index contributed by atoms with van der Waals surface area (Å²) in [5, 5.41) is 9.64. The fourth-order valence-electron chi connectivity index (χ4n) is 8.59. The Morgan fingerprint density at radius 3 is 1.82 bits per heavy atom. The van der Waals surface area contributed by atoms with Crippen LogP contribution in [-0.4, -0.2) is 53.6 Å². The third-order valence-electron chi connectivity index (χ3n) is 12.4. The van der Waals surface area contributed by atoms with Crippen LogP contribution in [0.3, 0.4) is 0 Å². The van der Waals surface area contributed by atoms with Crippen molar-refractivity contribution in [1.82, 2.24) is 9.80 Å². The van der Waals surface area contributed by atoms with Crippen LogP contribution in [0.1, 0.15) is 101 Å². The van der Waals surface area contributed by atoms with E-state index in [9.17, 15) is 14.9 Å². The maximum absolute atomic E-state index is 12.7. The minimum atomic E-state index is -0.261. The fourth-order valence-corrected chi connectivity index (χ4v) is 8.59. The highest BCUT2D eigenvalue weighted by atomic mass is 16.5. The molecule has 2 fully saturated rings. The van der Waals surface area contributed by atoms with Crippen LogP contribution < -0.4 is 20.9 Å². The van der Waals surface area contributed by atoms with Gasteiger partial charge < -0.3 is 30.7 Å². The molecule has 7 rings (SSSR count). The van der Waals surface area contributed by atoms with Crippen molar-refractivity contribution < 1.29 is 19.1 Å². The summed E-state index contributed by atoms with van der Waals surface area (Å²) in [7, 11) is 3.86. The molecule has 0 spiro atoms. The Morgan fingerprint density at radius 1 is 0.717 bits per heavy atom. The van der Waals surface area contributed by atoms with E-state index in [-0.39, 0.29) is 23.7 Å². The molecule has 2 amide bonds. The molecule has 316 valence electrons. The van der Waals surface area contributed by atoms with E-state index in [4.69, 9.17) is 20.9 Å². The average molecular weight is 811 g/mol. The number of nitrogens with two attached hydrogens (primary N) is 2. The largest absolute Gasteiger partial charge is 0.457 e. The smallest absolute Gasteiger partial charge is 0.222 e. The number of hydrogen-bond donors (Lipinski definition) is 2. The number of nitrogens with zero attached hydrogens (tertiary/aromatic N) is 4. The van der Waals surface area contributed by atoms with Crippen molar-refractivity contribution in [2.75, 3.05) is 19.8 Å². The Kier molecular flexibility index (Phi) is 16.0. The molecule has 1 heterocycles. The molecule has 4 aromatic carbocycles. The number of hydrogen-bond acceptors (Lipinski definition) is 8. The quantitative estimate of drug-likeness (QED) is 0.121. The molecule has 3 aliphatic rings. The molecule has 0 aromatic heterocycles. The molecule has 2 atom stereocenters. The Balaban J connectivity index is 0.000000201. The summed E-state index contributed by atoms with van der Waals surface area (Å²) in [5.41, 5.74) is 15.9. The maximum Gasteiger partial charge on any atom is 0.222 e. The second-order valence-corrected chi connectivity index (χ2v) is 16.6. The number of benzene rings is 4. The zero-order chi connectivity index (χ0) is 42.3. The van der Waals surface area contributed by atoms with Crippen LogP contribution in [0.4, 0.5) is 11.4 Å². The van der Waals surface area contributed by atoms with Crippen LogP contribution >= 0.6 is 0 Å². The van der Waals surface area contributed by atoms with Gasteiger partial charge in [-0.25, -0.2) is 4.99 Å². The molecule has 10 heteroatoms. The summed E-state index contributed by atoms with van der Waals surface area (Å²) in [6, 6.07) is 33.9. The molecular weight excluding hydrogens is 749 g/mol. The van der Waals surface area contributed by atoms with Crippen LogP contribution in [0.5, 0.6) is 23.0 Å². The number of nitriles is 1. The summed E-state index contributed by atoms with van der Waals surface area (Å²) in [6.45, 7) is 0. The lowest BCUT2D eigenvalue weighted by Crippen LogP contribution is -2.39. The number of carbonyl (C=O) groups is 2. The van der Waals surface area contributed by atoms with Crippen LogP contribution in [0.2, 0.25) is 0 Å². The molecule has 10 nitrogen and oxygen atoms in total. The molecule has 4 aromatic rings. The van der Waals surface area contributed by atoms with E-state index in [1.807, 2.05) is 121 Å². The van der Waals surface area contributed by atoms with E-state index in [0.29, 0.717) is 55.0 Å². The number of rotatable bonds is 14. The normalized spacial score (nSPS) is 17.1. The third-order valence-corrected chi connectivity index (χ3v) is 12.4. The lowest BCUT2D eigenvalue weighted by atomic mass is 9.89. The molecule has 0 saturated heterocycles. The average Bonchev–Trinajstić information content (AvgIpc) is 3.29. The first kappa shape index (κ1) is 43.8. The summed E-state index contributed by atoms with van der Waals surface area (Å²) in [6.07, 6.45) is 15.3. The van der Waals surface area contributed by atoms with E-state index >= 15 is 0 Å². The Morgan fingerprint density at radius 2 is 1.25 bits per heavy atom. The van der Waals surface area contributed by atoms with Crippen molar-refractivity contribution in [3.05, 3.63) is 108 Å². The number of nitrogen functional groups attached to an aromatic ring is 1. The highest BCUT2D eigenvalue weighted by Crippen LogP contribution is 2.35. The lowest BCUT2D eigenvalue weighted by molar-refractivity contribution is -0.133. The predicted molar refractivity (Wildman–Crippen MR) is 239 cm³/mol. The van der Waals surface area contributed by atoms with E-state index in [0.717, 1.165) is 72.6 Å². The van der Waals surface area contributed by atoms with Crippen molar-refractivity contribution in [3.63, 3.8) is 0 Å². The van der Waals surface area contributed by atoms with E-state index in [2.05, 4.69) is 11.1 Å². The van der Waals surface area contributed by atoms with Crippen LogP contribution in [-0.2, 0) is 22.4 Å². The monoisotopic (exact) mass is 810 g/mol. The second kappa shape index (κ2) is 22.0. The molecule has 1 aliphatic heterocycles. The predicted octanol–water partition coefficient (Wildman–Crippen LogP) is 10.5. The van der Waals surface area contributed by atoms with Gasteiger partial charge >= 0.3 is 0 Å². The van der Waals surface area contributed by atoms with E-state index in [1.165, 1.54) is 38.5 Å². The van der Waals surface area contributed by atoms with Crippen molar-refractivity contribution in [3.8, 4) is 29.1 Å². The minimum Gasteiger partial charge on any atom is -0.457 e. The first-order valence-corrected chi connectivity index (χ1v) is 21.9. The Labute approximate surface area is 356 Å². The highest BCUT2D eigenvalue weighted by molar-refractivity contribution is 5.88. The summed E-state index contributed by atoms with van der Waals surface area (Å²) in [5.74, 6) is 3.87. The maximum atomic E-state index is 12.7. The van der Waals surface area contributed by atoms with Crippen molar-refractivity contribution in [1.29, 1.82) is 5.26 Å². The topological polar surface area (TPSA) is 147 Å². The Hall–Kier alpha value is -5.82. The number of amides is 2. The standard InChI is InChI=1S/2C25H31N3O2/c1-28(20-8-4-2-5-9-20)24(29)15-12-18-16-19-17-22(13-14-23(19)27-25(18)26)30-21-10-6-3-7-11-21;1-28(21-8-4-2-5-9-21)25(29)15-12-19(18-26)16-20-17-23(13-14-24(20)27)30-22-10-6-3-7-11-22/h3,6-7,10-11,13-14,17-18,20H,2,4-5,8-9,12,15-16H2,1H3,(H2,26,27);3,6-7,10-11,13-14,17,19,21H,2,4-5,8-9,12,15-16,27H2,1H3. The molecular formula is C50H62N6O4. The fraction of sp³-hybridized carbons (Fsp3) is 0.440. The molecule has 2 saturated carbocycles. The SMILES string of the molecule is CN(C(=O)CCC(C#N)Cc1cc(Oc2ccccc2)ccc1N)C1CCCCC1.CN(C(=O)CCC1Cc2cc(Oc3ccccc3)ccc2N=C1N)C1CCCCC1. The van der Waals surface area contributed by atoms with Gasteiger partial charge in [0.1, 0.15) is 28.8 Å².